The Balaban J connectivity index is 2.14. The van der Waals surface area contributed by atoms with Crippen molar-refractivity contribution in [2.75, 3.05) is 13.2 Å². The number of amides is 1. The van der Waals surface area contributed by atoms with E-state index in [4.69, 9.17) is 14.7 Å². The van der Waals surface area contributed by atoms with Crippen LogP contribution < -0.4 is 14.8 Å². The van der Waals surface area contributed by atoms with Gasteiger partial charge in [-0.3, -0.25) is 4.79 Å². The van der Waals surface area contributed by atoms with Gasteiger partial charge in [0.15, 0.2) is 11.5 Å². The molecule has 0 spiro atoms. The summed E-state index contributed by atoms with van der Waals surface area (Å²) in [4.78, 5) is 12.0. The molecule has 0 radical (unpaired) electrons. The van der Waals surface area contributed by atoms with Gasteiger partial charge in [0.25, 0.3) is 5.91 Å². The van der Waals surface area contributed by atoms with E-state index in [1.54, 1.807) is 18.2 Å². The molecule has 0 aromatic heterocycles. The van der Waals surface area contributed by atoms with E-state index in [9.17, 15) is 4.79 Å². The Bertz CT molecular complexity index is 520. The normalized spacial score (nSPS) is 14.6. The van der Waals surface area contributed by atoms with Gasteiger partial charge < -0.3 is 14.8 Å². The molecule has 100 valence electrons. The van der Waals surface area contributed by atoms with E-state index in [0.717, 1.165) is 0 Å². The summed E-state index contributed by atoms with van der Waals surface area (Å²) in [5.41, 5.74) is 0.463. The van der Waals surface area contributed by atoms with Crippen LogP contribution >= 0.6 is 0 Å². The molecule has 5 heteroatoms. The first-order valence-corrected chi connectivity index (χ1v) is 6.22. The van der Waals surface area contributed by atoms with Crippen molar-refractivity contribution in [2.45, 2.75) is 19.9 Å². The quantitative estimate of drug-likeness (QED) is 0.898. The van der Waals surface area contributed by atoms with E-state index in [0.29, 0.717) is 30.3 Å². The number of hydrogen-bond donors (Lipinski definition) is 1. The summed E-state index contributed by atoms with van der Waals surface area (Å²) in [6.45, 7) is 4.77. The molecular formula is C14H16N2O3. The van der Waals surface area contributed by atoms with Crippen LogP contribution in [0.5, 0.6) is 11.5 Å². The van der Waals surface area contributed by atoms with E-state index in [-0.39, 0.29) is 11.8 Å². The molecule has 1 amide bonds. The van der Waals surface area contributed by atoms with Crippen LogP contribution in [0.3, 0.4) is 0 Å². The maximum absolute atomic E-state index is 12.0. The highest BCUT2D eigenvalue weighted by Gasteiger charge is 2.19. The molecule has 1 aromatic rings. The van der Waals surface area contributed by atoms with Gasteiger partial charge in [-0.2, -0.15) is 5.26 Å². The molecule has 1 N–H and O–H groups in total. The first-order chi connectivity index (χ1) is 9.11. The molecule has 1 heterocycles. The van der Waals surface area contributed by atoms with Gasteiger partial charge >= 0.3 is 0 Å². The van der Waals surface area contributed by atoms with Gasteiger partial charge in [-0.05, 0) is 24.1 Å². The standard InChI is InChI=1S/C14H16N2O3/c1-9(2)11(8-15)16-14(17)10-3-4-12-13(7-10)19-6-5-18-12/h3-4,7,9,11H,5-6H2,1-2H3,(H,16,17)/t11-/m1/s1. The fourth-order valence-corrected chi connectivity index (χ4v) is 1.76. The second-order valence-corrected chi connectivity index (χ2v) is 4.68. The Morgan fingerprint density at radius 1 is 1.32 bits per heavy atom. The minimum Gasteiger partial charge on any atom is -0.486 e. The second kappa shape index (κ2) is 5.61. The Morgan fingerprint density at radius 2 is 2.00 bits per heavy atom. The summed E-state index contributed by atoms with van der Waals surface area (Å²) < 4.78 is 10.8. The highest BCUT2D eigenvalue weighted by Crippen LogP contribution is 2.30. The zero-order chi connectivity index (χ0) is 13.8. The SMILES string of the molecule is CC(C)[C@@H](C#N)NC(=O)c1ccc2c(c1)OCCO2. The summed E-state index contributed by atoms with van der Waals surface area (Å²) in [6, 6.07) is 6.59. The number of carbonyl (C=O) groups is 1. The van der Waals surface area contributed by atoms with Crippen LogP contribution in [0.4, 0.5) is 0 Å². The maximum atomic E-state index is 12.0. The third kappa shape index (κ3) is 2.97. The van der Waals surface area contributed by atoms with Crippen LogP contribution in [0.2, 0.25) is 0 Å². The molecule has 1 aliphatic rings. The van der Waals surface area contributed by atoms with Crippen molar-refractivity contribution < 1.29 is 14.3 Å². The number of ether oxygens (including phenoxy) is 2. The van der Waals surface area contributed by atoms with Gasteiger partial charge in [0, 0.05) is 5.56 Å². The van der Waals surface area contributed by atoms with E-state index >= 15 is 0 Å². The molecule has 1 aromatic carbocycles. The highest BCUT2D eigenvalue weighted by atomic mass is 16.6. The van der Waals surface area contributed by atoms with Gasteiger partial charge in [0.05, 0.1) is 6.07 Å². The van der Waals surface area contributed by atoms with E-state index in [1.807, 2.05) is 13.8 Å². The van der Waals surface area contributed by atoms with E-state index < -0.39 is 6.04 Å². The summed E-state index contributed by atoms with van der Waals surface area (Å²) in [7, 11) is 0. The fraction of sp³-hybridized carbons (Fsp3) is 0.429. The minimum absolute atomic E-state index is 0.0613. The number of nitriles is 1. The molecule has 0 aliphatic carbocycles. The van der Waals surface area contributed by atoms with Gasteiger partial charge in [-0.1, -0.05) is 13.8 Å². The number of benzene rings is 1. The van der Waals surface area contributed by atoms with Crippen LogP contribution in [0.25, 0.3) is 0 Å². The Kier molecular flexibility index (Phi) is 3.91. The lowest BCUT2D eigenvalue weighted by atomic mass is 10.1. The fourth-order valence-electron chi connectivity index (χ4n) is 1.76. The molecular weight excluding hydrogens is 244 g/mol. The maximum Gasteiger partial charge on any atom is 0.252 e. The molecule has 0 saturated heterocycles. The molecule has 5 nitrogen and oxygen atoms in total. The lowest BCUT2D eigenvalue weighted by Gasteiger charge is -2.19. The molecule has 0 saturated carbocycles. The predicted molar refractivity (Wildman–Crippen MR) is 69.1 cm³/mol. The average Bonchev–Trinajstić information content (AvgIpc) is 2.43. The van der Waals surface area contributed by atoms with Crippen molar-refractivity contribution in [3.8, 4) is 17.6 Å². The molecule has 1 aliphatic heterocycles. The van der Waals surface area contributed by atoms with Crippen LogP contribution in [-0.4, -0.2) is 25.2 Å². The van der Waals surface area contributed by atoms with Crippen molar-refractivity contribution in [2.24, 2.45) is 5.92 Å². The predicted octanol–water partition coefficient (Wildman–Crippen LogP) is 1.74. The van der Waals surface area contributed by atoms with Crippen molar-refractivity contribution >= 4 is 5.91 Å². The lowest BCUT2D eigenvalue weighted by molar-refractivity contribution is 0.0936. The summed E-state index contributed by atoms with van der Waals surface area (Å²) in [5.74, 6) is 0.990. The van der Waals surface area contributed by atoms with Crippen LogP contribution in [-0.2, 0) is 0 Å². The number of carbonyl (C=O) groups excluding carboxylic acids is 1. The van der Waals surface area contributed by atoms with Crippen LogP contribution in [0, 0.1) is 17.2 Å². The van der Waals surface area contributed by atoms with Crippen molar-refractivity contribution in [1.82, 2.24) is 5.32 Å². The van der Waals surface area contributed by atoms with Crippen molar-refractivity contribution in [1.29, 1.82) is 5.26 Å². The summed E-state index contributed by atoms with van der Waals surface area (Å²) >= 11 is 0. The van der Waals surface area contributed by atoms with Crippen molar-refractivity contribution in [3.05, 3.63) is 23.8 Å². The Labute approximate surface area is 112 Å². The van der Waals surface area contributed by atoms with Gasteiger partial charge in [-0.15, -0.1) is 0 Å². The summed E-state index contributed by atoms with van der Waals surface area (Å²) in [5, 5.41) is 11.7. The average molecular weight is 260 g/mol. The Hall–Kier alpha value is -2.22. The second-order valence-electron chi connectivity index (χ2n) is 4.68. The third-order valence-corrected chi connectivity index (χ3v) is 2.90. The monoisotopic (exact) mass is 260 g/mol. The third-order valence-electron chi connectivity index (χ3n) is 2.90. The van der Waals surface area contributed by atoms with Gasteiger partial charge in [0.2, 0.25) is 0 Å². The van der Waals surface area contributed by atoms with E-state index in [2.05, 4.69) is 11.4 Å². The molecule has 19 heavy (non-hydrogen) atoms. The molecule has 0 unspecified atom stereocenters. The zero-order valence-electron chi connectivity index (χ0n) is 11.0. The number of hydrogen-bond acceptors (Lipinski definition) is 4. The minimum atomic E-state index is -0.499. The van der Waals surface area contributed by atoms with Crippen molar-refractivity contribution in [3.63, 3.8) is 0 Å². The van der Waals surface area contributed by atoms with Crippen LogP contribution in [0.1, 0.15) is 24.2 Å². The molecule has 0 bridgehead atoms. The topological polar surface area (TPSA) is 71.4 Å². The number of nitrogens with one attached hydrogen (secondary N) is 1. The van der Waals surface area contributed by atoms with Gasteiger partial charge in [0.1, 0.15) is 19.3 Å². The number of rotatable bonds is 3. The Morgan fingerprint density at radius 3 is 2.63 bits per heavy atom. The molecule has 1 atom stereocenters. The van der Waals surface area contributed by atoms with Crippen LogP contribution in [0.15, 0.2) is 18.2 Å². The molecule has 0 fully saturated rings. The lowest BCUT2D eigenvalue weighted by Crippen LogP contribution is -2.37. The number of nitrogens with zero attached hydrogens (tertiary/aromatic N) is 1. The first-order valence-electron chi connectivity index (χ1n) is 6.22. The smallest absolute Gasteiger partial charge is 0.252 e. The largest absolute Gasteiger partial charge is 0.486 e. The number of fused-ring (bicyclic) bond motifs is 1. The first kappa shape index (κ1) is 13.2. The molecule has 2 rings (SSSR count). The van der Waals surface area contributed by atoms with Gasteiger partial charge in [-0.25, -0.2) is 0 Å². The van der Waals surface area contributed by atoms with E-state index in [1.165, 1.54) is 0 Å². The zero-order valence-corrected chi connectivity index (χ0v) is 11.0. The summed E-state index contributed by atoms with van der Waals surface area (Å²) in [6.07, 6.45) is 0. The highest BCUT2D eigenvalue weighted by molar-refractivity contribution is 5.95.